The molecule has 0 bridgehead atoms. The smallest absolute Gasteiger partial charge is 0.311 e. The molecule has 0 aliphatic carbocycles. The summed E-state index contributed by atoms with van der Waals surface area (Å²) in [6, 6.07) is 0. The van der Waals surface area contributed by atoms with Crippen molar-refractivity contribution in [2.24, 2.45) is 5.41 Å². The van der Waals surface area contributed by atoms with Gasteiger partial charge in [0.25, 0.3) is 0 Å². The third-order valence-corrected chi connectivity index (χ3v) is 2.54. The maximum absolute atomic E-state index is 11.7. The Labute approximate surface area is 110 Å². The second-order valence-electron chi connectivity index (χ2n) is 5.41. The summed E-state index contributed by atoms with van der Waals surface area (Å²) in [6.45, 7) is 9.76. The van der Waals surface area contributed by atoms with Gasteiger partial charge in [-0.1, -0.05) is 6.92 Å². The molecule has 0 unspecified atom stereocenters. The van der Waals surface area contributed by atoms with E-state index in [0.29, 0.717) is 25.9 Å². The van der Waals surface area contributed by atoms with Crippen molar-refractivity contribution in [3.8, 4) is 0 Å². The van der Waals surface area contributed by atoms with Crippen molar-refractivity contribution in [2.45, 2.75) is 66.4 Å². The van der Waals surface area contributed by atoms with Crippen LogP contribution in [0.15, 0.2) is 0 Å². The summed E-state index contributed by atoms with van der Waals surface area (Å²) in [6.07, 6.45) is 2.35. The van der Waals surface area contributed by atoms with Crippen molar-refractivity contribution in [1.29, 1.82) is 0 Å². The average molecular weight is 258 g/mol. The Hall–Kier alpha value is -1.06. The monoisotopic (exact) mass is 258 g/mol. The molecule has 0 rings (SSSR count). The molecule has 0 aromatic carbocycles. The first kappa shape index (κ1) is 16.9. The van der Waals surface area contributed by atoms with Gasteiger partial charge in [-0.2, -0.15) is 0 Å². The first-order chi connectivity index (χ1) is 8.29. The molecule has 0 saturated carbocycles. The third-order valence-electron chi connectivity index (χ3n) is 2.54. The van der Waals surface area contributed by atoms with Gasteiger partial charge in [0.1, 0.15) is 0 Å². The summed E-state index contributed by atoms with van der Waals surface area (Å²) in [7, 11) is 0. The Bertz CT molecular complexity index is 269. The van der Waals surface area contributed by atoms with Crippen LogP contribution in [-0.4, -0.2) is 24.6 Å². The van der Waals surface area contributed by atoms with E-state index >= 15 is 0 Å². The van der Waals surface area contributed by atoms with E-state index in [1.165, 1.54) is 0 Å². The molecular formula is C14H26O4. The summed E-state index contributed by atoms with van der Waals surface area (Å²) in [5, 5.41) is 0. The maximum Gasteiger partial charge on any atom is 0.311 e. The topological polar surface area (TPSA) is 52.6 Å². The zero-order valence-corrected chi connectivity index (χ0v) is 12.2. The SMILES string of the molecule is CCCOC(=O)C(C)(C)CCCC(=O)OC(C)C. The van der Waals surface area contributed by atoms with Crippen molar-refractivity contribution >= 4 is 11.9 Å². The van der Waals surface area contributed by atoms with Crippen LogP contribution in [0.1, 0.15) is 60.3 Å². The predicted octanol–water partition coefficient (Wildman–Crippen LogP) is 3.09. The Morgan fingerprint density at radius 1 is 1.22 bits per heavy atom. The molecule has 4 heteroatoms. The fourth-order valence-corrected chi connectivity index (χ4v) is 1.49. The van der Waals surface area contributed by atoms with Gasteiger partial charge in [0.05, 0.1) is 18.1 Å². The molecule has 0 amide bonds. The molecule has 0 radical (unpaired) electrons. The molecule has 18 heavy (non-hydrogen) atoms. The molecule has 0 atom stereocenters. The summed E-state index contributed by atoms with van der Waals surface area (Å²) in [5.74, 6) is -0.399. The van der Waals surface area contributed by atoms with E-state index in [4.69, 9.17) is 9.47 Å². The summed E-state index contributed by atoms with van der Waals surface area (Å²) < 4.78 is 10.2. The summed E-state index contributed by atoms with van der Waals surface area (Å²) in [5.41, 5.74) is -0.534. The van der Waals surface area contributed by atoms with E-state index in [2.05, 4.69) is 0 Å². The fraction of sp³-hybridized carbons (Fsp3) is 0.857. The standard InChI is InChI=1S/C14H26O4/c1-6-10-17-13(16)14(4,5)9-7-8-12(15)18-11(2)3/h11H,6-10H2,1-5H3. The number of hydrogen-bond acceptors (Lipinski definition) is 4. The van der Waals surface area contributed by atoms with Gasteiger partial charge >= 0.3 is 11.9 Å². The van der Waals surface area contributed by atoms with Crippen LogP contribution in [0.25, 0.3) is 0 Å². The minimum absolute atomic E-state index is 0.0833. The van der Waals surface area contributed by atoms with Crippen molar-refractivity contribution in [2.75, 3.05) is 6.61 Å². The number of carbonyl (C=O) groups is 2. The van der Waals surface area contributed by atoms with Crippen molar-refractivity contribution in [3.05, 3.63) is 0 Å². The third kappa shape index (κ3) is 7.30. The van der Waals surface area contributed by atoms with Gasteiger partial charge in [0.15, 0.2) is 0 Å². The zero-order chi connectivity index (χ0) is 14.2. The number of hydrogen-bond donors (Lipinski definition) is 0. The Morgan fingerprint density at radius 2 is 1.83 bits per heavy atom. The van der Waals surface area contributed by atoms with Crippen LogP contribution in [0.5, 0.6) is 0 Å². The molecular weight excluding hydrogens is 232 g/mol. The van der Waals surface area contributed by atoms with Crippen LogP contribution in [0.4, 0.5) is 0 Å². The van der Waals surface area contributed by atoms with E-state index < -0.39 is 5.41 Å². The minimum Gasteiger partial charge on any atom is -0.465 e. The lowest BCUT2D eigenvalue weighted by atomic mass is 9.87. The molecule has 0 spiro atoms. The molecule has 0 N–H and O–H groups in total. The largest absolute Gasteiger partial charge is 0.465 e. The van der Waals surface area contributed by atoms with Gasteiger partial charge in [0, 0.05) is 6.42 Å². The predicted molar refractivity (Wildman–Crippen MR) is 70.1 cm³/mol. The fourth-order valence-electron chi connectivity index (χ4n) is 1.49. The van der Waals surface area contributed by atoms with Gasteiger partial charge in [-0.05, 0) is 47.0 Å². The van der Waals surface area contributed by atoms with Gasteiger partial charge < -0.3 is 9.47 Å². The molecule has 0 fully saturated rings. The quantitative estimate of drug-likeness (QED) is 0.628. The molecule has 4 nitrogen and oxygen atoms in total. The summed E-state index contributed by atoms with van der Waals surface area (Å²) in [4.78, 5) is 23.1. The molecule has 0 aliphatic rings. The number of ether oxygens (including phenoxy) is 2. The summed E-state index contributed by atoms with van der Waals surface area (Å²) >= 11 is 0. The van der Waals surface area contributed by atoms with Crippen LogP contribution in [0.3, 0.4) is 0 Å². The second-order valence-corrected chi connectivity index (χ2v) is 5.41. The van der Waals surface area contributed by atoms with Crippen LogP contribution in [0, 0.1) is 5.41 Å². The average Bonchev–Trinajstić information content (AvgIpc) is 2.24. The van der Waals surface area contributed by atoms with E-state index in [1.807, 2.05) is 34.6 Å². The van der Waals surface area contributed by atoms with E-state index in [-0.39, 0.29) is 18.0 Å². The molecule has 0 heterocycles. The van der Waals surface area contributed by atoms with Crippen LogP contribution < -0.4 is 0 Å². The van der Waals surface area contributed by atoms with Gasteiger partial charge in [-0.3, -0.25) is 9.59 Å². The molecule has 0 saturated heterocycles. The first-order valence-electron chi connectivity index (χ1n) is 6.66. The van der Waals surface area contributed by atoms with Crippen molar-refractivity contribution in [1.82, 2.24) is 0 Å². The zero-order valence-electron chi connectivity index (χ0n) is 12.2. The van der Waals surface area contributed by atoms with E-state index in [9.17, 15) is 9.59 Å². The van der Waals surface area contributed by atoms with Crippen molar-refractivity contribution in [3.63, 3.8) is 0 Å². The number of carbonyl (C=O) groups excluding carboxylic acids is 2. The Kier molecular flexibility index (Phi) is 7.64. The minimum atomic E-state index is -0.534. The van der Waals surface area contributed by atoms with Crippen LogP contribution >= 0.6 is 0 Å². The maximum atomic E-state index is 11.7. The highest BCUT2D eigenvalue weighted by molar-refractivity contribution is 5.76. The van der Waals surface area contributed by atoms with E-state index in [0.717, 1.165) is 6.42 Å². The lowest BCUT2D eigenvalue weighted by Gasteiger charge is -2.22. The Balaban J connectivity index is 3.96. The van der Waals surface area contributed by atoms with Gasteiger partial charge in [0.2, 0.25) is 0 Å². The van der Waals surface area contributed by atoms with Gasteiger partial charge in [-0.25, -0.2) is 0 Å². The highest BCUT2D eigenvalue weighted by Gasteiger charge is 2.28. The molecule has 0 aliphatic heterocycles. The number of esters is 2. The normalized spacial score (nSPS) is 11.4. The first-order valence-corrected chi connectivity index (χ1v) is 6.66. The number of rotatable bonds is 8. The highest BCUT2D eigenvalue weighted by Crippen LogP contribution is 2.25. The van der Waals surface area contributed by atoms with Crippen molar-refractivity contribution < 1.29 is 19.1 Å². The lowest BCUT2D eigenvalue weighted by Crippen LogP contribution is -2.27. The Morgan fingerprint density at radius 3 is 2.33 bits per heavy atom. The lowest BCUT2D eigenvalue weighted by molar-refractivity contribution is -0.155. The van der Waals surface area contributed by atoms with Crippen LogP contribution in [-0.2, 0) is 19.1 Å². The molecule has 0 aromatic heterocycles. The van der Waals surface area contributed by atoms with Gasteiger partial charge in [-0.15, -0.1) is 0 Å². The highest BCUT2D eigenvalue weighted by atomic mass is 16.5. The van der Waals surface area contributed by atoms with E-state index in [1.54, 1.807) is 0 Å². The molecule has 106 valence electrons. The second kappa shape index (κ2) is 8.11. The van der Waals surface area contributed by atoms with Crippen LogP contribution in [0.2, 0.25) is 0 Å². The molecule has 0 aromatic rings.